The van der Waals surface area contributed by atoms with Crippen molar-refractivity contribution in [1.82, 2.24) is 10.6 Å². The minimum absolute atomic E-state index is 0.00229. The molecule has 7 rings (SSSR count). The predicted molar refractivity (Wildman–Crippen MR) is 241 cm³/mol. The van der Waals surface area contributed by atoms with Crippen LogP contribution in [0, 0.1) is 68.0 Å². The number of fused-ring (bicyclic) bond motifs is 7. The minimum atomic E-state index is -1.15. The van der Waals surface area contributed by atoms with E-state index in [1.807, 2.05) is 65.0 Å². The second-order valence-electron chi connectivity index (χ2n) is 24.6. The molecule has 6 aliphatic carbocycles. The lowest BCUT2D eigenvalue weighted by molar-refractivity contribution is -0.235. The molecule has 342 valence electrons. The van der Waals surface area contributed by atoms with E-state index in [1.165, 1.54) is 5.57 Å². The fourth-order valence-corrected chi connectivity index (χ4v) is 14.6. The first kappa shape index (κ1) is 46.5. The first-order valence-corrected chi connectivity index (χ1v) is 23.9. The number of rotatable bonds is 9. The molecule has 5 saturated carbocycles. The maximum absolute atomic E-state index is 14.3. The number of hydrogen-bond acceptors (Lipinski definition) is 7. The van der Waals surface area contributed by atoms with Crippen LogP contribution in [0.15, 0.2) is 41.5 Å². The van der Waals surface area contributed by atoms with Gasteiger partial charge in [-0.2, -0.15) is 0 Å². The average molecular weight is 855 g/mol. The number of benzene rings is 1. The number of hydrogen-bond donors (Lipinski definition) is 2. The molecule has 1 aromatic carbocycles. The molecule has 9 nitrogen and oxygen atoms in total. The molecule has 2 amide bonds. The second-order valence-corrected chi connectivity index (χ2v) is 24.6. The fourth-order valence-electron chi connectivity index (χ4n) is 14.6. The van der Waals surface area contributed by atoms with Crippen LogP contribution in [0.3, 0.4) is 0 Å². The van der Waals surface area contributed by atoms with Crippen molar-refractivity contribution in [3.63, 3.8) is 0 Å². The van der Waals surface area contributed by atoms with Gasteiger partial charge in [0.05, 0.1) is 17.4 Å². The van der Waals surface area contributed by atoms with E-state index in [2.05, 4.69) is 59.1 Å². The summed E-state index contributed by atoms with van der Waals surface area (Å²) in [7, 11) is 0. The van der Waals surface area contributed by atoms with Crippen molar-refractivity contribution in [1.29, 1.82) is 0 Å². The van der Waals surface area contributed by atoms with Gasteiger partial charge in [-0.1, -0.05) is 113 Å². The summed E-state index contributed by atoms with van der Waals surface area (Å²) in [4.78, 5) is 68.8. The van der Waals surface area contributed by atoms with E-state index in [4.69, 9.17) is 9.47 Å². The zero-order valence-electron chi connectivity index (χ0n) is 40.6. The average Bonchev–Trinajstić information content (AvgIpc) is 3.46. The molecule has 0 saturated heterocycles. The van der Waals surface area contributed by atoms with E-state index >= 15 is 0 Å². The van der Waals surface area contributed by atoms with Crippen LogP contribution in [0.1, 0.15) is 167 Å². The van der Waals surface area contributed by atoms with Gasteiger partial charge in [0.1, 0.15) is 18.2 Å². The van der Waals surface area contributed by atoms with Crippen molar-refractivity contribution in [2.45, 2.75) is 185 Å². The van der Waals surface area contributed by atoms with Gasteiger partial charge < -0.3 is 20.1 Å². The zero-order chi connectivity index (χ0) is 45.8. The Morgan fingerprint density at radius 2 is 1.39 bits per heavy atom. The zero-order valence-corrected chi connectivity index (χ0v) is 40.6. The number of ether oxygens (including phenoxy) is 2. The van der Waals surface area contributed by atoms with Gasteiger partial charge in [0.25, 0.3) is 0 Å². The highest BCUT2D eigenvalue weighted by molar-refractivity contribution is 6.03. The van der Waals surface area contributed by atoms with Crippen LogP contribution in [0.2, 0.25) is 0 Å². The van der Waals surface area contributed by atoms with E-state index in [0.717, 1.165) is 56.1 Å². The Balaban J connectivity index is 1.08. The largest absolute Gasteiger partial charge is 0.462 e. The van der Waals surface area contributed by atoms with Gasteiger partial charge in [0, 0.05) is 17.3 Å². The Labute approximate surface area is 372 Å². The van der Waals surface area contributed by atoms with E-state index in [-0.39, 0.29) is 94.0 Å². The van der Waals surface area contributed by atoms with Crippen LogP contribution in [-0.2, 0) is 40.1 Å². The van der Waals surface area contributed by atoms with E-state index in [9.17, 15) is 24.0 Å². The van der Waals surface area contributed by atoms with Gasteiger partial charge in [-0.05, 0) is 134 Å². The molecule has 0 heterocycles. The van der Waals surface area contributed by atoms with Gasteiger partial charge in [-0.25, -0.2) is 0 Å². The first-order chi connectivity index (χ1) is 28.6. The lowest BCUT2D eigenvalue weighted by Crippen LogP contribution is -2.68. The monoisotopic (exact) mass is 855 g/mol. The molecule has 0 aromatic heterocycles. The number of ketones is 1. The van der Waals surface area contributed by atoms with Crippen LogP contribution in [0.5, 0.6) is 0 Å². The van der Waals surface area contributed by atoms with Gasteiger partial charge in [-0.3, -0.25) is 24.0 Å². The molecular formula is C53H78N2O7. The van der Waals surface area contributed by atoms with Crippen LogP contribution in [0.25, 0.3) is 0 Å². The molecule has 1 aromatic rings. The number of carbonyl (C=O) groups excluding carboxylic acids is 5. The van der Waals surface area contributed by atoms with Gasteiger partial charge in [-0.15, -0.1) is 0 Å². The van der Waals surface area contributed by atoms with Gasteiger partial charge in [0.15, 0.2) is 5.78 Å². The number of allylic oxidation sites excluding steroid dienone is 1. The third-order valence-electron chi connectivity index (χ3n) is 18.7. The summed E-state index contributed by atoms with van der Waals surface area (Å²) in [5.41, 5.74) is -0.375. The summed E-state index contributed by atoms with van der Waals surface area (Å²) < 4.78 is 12.3. The summed E-state index contributed by atoms with van der Waals surface area (Å²) in [6.45, 7) is 29.8. The maximum Gasteiger partial charge on any atom is 0.309 e. The van der Waals surface area contributed by atoms with Crippen molar-refractivity contribution in [3.8, 4) is 0 Å². The summed E-state index contributed by atoms with van der Waals surface area (Å²) >= 11 is 0. The highest BCUT2D eigenvalue weighted by atomic mass is 16.5. The highest BCUT2D eigenvalue weighted by Gasteiger charge is 2.71. The number of amides is 2. The lowest BCUT2D eigenvalue weighted by atomic mass is 9.33. The molecule has 2 N–H and O–H groups in total. The summed E-state index contributed by atoms with van der Waals surface area (Å²) in [6, 6.07) is 9.68. The molecule has 6 aliphatic rings. The molecule has 5 fully saturated rings. The lowest BCUT2D eigenvalue weighted by Gasteiger charge is -2.72. The molecule has 0 spiro atoms. The molecule has 2 unspecified atom stereocenters. The Morgan fingerprint density at radius 3 is 2.00 bits per heavy atom. The first-order valence-electron chi connectivity index (χ1n) is 23.9. The molecule has 0 radical (unpaired) electrons. The van der Waals surface area contributed by atoms with E-state index in [0.29, 0.717) is 24.7 Å². The third kappa shape index (κ3) is 7.20. The topological polar surface area (TPSA) is 128 Å². The standard InChI is InChI=1S/C53H78N2O7/c1-31(2)40-36(56)29-53(55-45(60)49(10,11)54-44(59)46(3,4)5)27-26-51(13)33(41(40)53)20-21-38-50(12)24-23-39(48(8,9)37(50)22-25-52(38,51)14)62-43(58)35-28-34(47(35,6)7)42(57)61-30-32-18-16-15-17-19-32/h15-19,31,33-35,37-39H,20-30H2,1-14H3,(H,54,59)(H,55,60)/t33-,34+,35-,37?,38?,39+,50+,51-,52-,53-/m1/s1. The Hall–Kier alpha value is -3.49. The number of carbonyl (C=O) groups is 5. The van der Waals surface area contributed by atoms with Crippen molar-refractivity contribution in [2.24, 2.45) is 68.0 Å². The van der Waals surface area contributed by atoms with E-state index in [1.54, 1.807) is 13.8 Å². The van der Waals surface area contributed by atoms with Gasteiger partial charge in [0.2, 0.25) is 11.8 Å². The van der Waals surface area contributed by atoms with Crippen LogP contribution in [-0.4, -0.2) is 46.7 Å². The van der Waals surface area contributed by atoms with Crippen molar-refractivity contribution in [2.75, 3.05) is 0 Å². The van der Waals surface area contributed by atoms with Crippen molar-refractivity contribution >= 4 is 29.5 Å². The van der Waals surface area contributed by atoms with Crippen LogP contribution in [0.4, 0.5) is 0 Å². The smallest absolute Gasteiger partial charge is 0.309 e. The summed E-state index contributed by atoms with van der Waals surface area (Å²) in [5, 5.41) is 6.47. The summed E-state index contributed by atoms with van der Waals surface area (Å²) in [5.74, 6) is -0.407. The molecule has 10 atom stereocenters. The van der Waals surface area contributed by atoms with Crippen molar-refractivity contribution < 1.29 is 33.4 Å². The Morgan fingerprint density at radius 1 is 0.742 bits per heavy atom. The number of nitrogens with one attached hydrogen (secondary N) is 2. The minimum Gasteiger partial charge on any atom is -0.462 e. The number of esters is 2. The van der Waals surface area contributed by atoms with Crippen molar-refractivity contribution in [3.05, 3.63) is 47.0 Å². The molecule has 0 aliphatic heterocycles. The number of Topliss-reactive ketones (excluding diaryl/α,β-unsaturated/α-hetero) is 1. The molecular weight excluding hydrogens is 777 g/mol. The molecule has 0 bridgehead atoms. The molecule has 62 heavy (non-hydrogen) atoms. The highest BCUT2D eigenvalue weighted by Crippen LogP contribution is 2.76. The maximum atomic E-state index is 14.3. The van der Waals surface area contributed by atoms with Crippen LogP contribution < -0.4 is 10.6 Å². The van der Waals surface area contributed by atoms with Gasteiger partial charge >= 0.3 is 11.9 Å². The van der Waals surface area contributed by atoms with E-state index < -0.39 is 21.9 Å². The summed E-state index contributed by atoms with van der Waals surface area (Å²) in [6.07, 6.45) is 8.02. The fraction of sp³-hybridized carbons (Fsp3) is 0.755. The Kier molecular flexibility index (Phi) is 11.5. The SMILES string of the molecule is CC(C)C1=C2[C@H]3CCC4[C@@]5(C)CC[C@H](OC(=O)[C@H]6C[C@@H](C(=O)OCc7ccccc7)C6(C)C)C(C)(C)C5CC[C@@]4(C)[C@]3(C)CC[C@@]2(NC(=O)C(C)(C)NC(=O)C(C)(C)C)CC1=O. The predicted octanol–water partition coefficient (Wildman–Crippen LogP) is 10.1. The third-order valence-corrected chi connectivity index (χ3v) is 18.7. The normalized spacial score (nSPS) is 37.2. The quantitative estimate of drug-likeness (QED) is 0.237. The van der Waals surface area contributed by atoms with Crippen LogP contribution >= 0.6 is 0 Å². The second kappa shape index (κ2) is 15.3. The molecule has 9 heteroatoms. The Bertz CT molecular complexity index is 2020.